The van der Waals surface area contributed by atoms with E-state index in [0.717, 1.165) is 0 Å². The van der Waals surface area contributed by atoms with Crippen LogP contribution in [0, 0.1) is 5.82 Å². The molecular formula is C14H11ClFNO4. The number of hydrogen-bond donors (Lipinski definition) is 2. The van der Waals surface area contributed by atoms with Crippen LogP contribution in [0.25, 0.3) is 0 Å². The molecule has 2 N–H and O–H groups in total. The van der Waals surface area contributed by atoms with Crippen LogP contribution < -0.4 is 5.32 Å². The first-order valence-corrected chi connectivity index (χ1v) is 6.37. The Hall–Kier alpha value is -2.34. The number of rotatable bonds is 5. The predicted octanol–water partition coefficient (Wildman–Crippen LogP) is 3.02. The van der Waals surface area contributed by atoms with Crippen LogP contribution in [-0.4, -0.2) is 17.0 Å². The Balaban J connectivity index is 2.18. The van der Waals surface area contributed by atoms with Gasteiger partial charge in [-0.1, -0.05) is 12.1 Å². The van der Waals surface area contributed by atoms with Crippen LogP contribution in [-0.2, 0) is 4.79 Å². The van der Waals surface area contributed by atoms with E-state index in [0.29, 0.717) is 5.56 Å². The molecule has 1 aromatic heterocycles. The molecule has 1 unspecified atom stereocenters. The highest BCUT2D eigenvalue weighted by molar-refractivity contribution is 6.29. The number of benzene rings is 1. The van der Waals surface area contributed by atoms with Gasteiger partial charge in [-0.05, 0) is 41.4 Å². The average Bonchev–Trinajstić information content (AvgIpc) is 2.85. The Labute approximate surface area is 124 Å². The molecule has 0 aliphatic rings. The predicted molar refractivity (Wildman–Crippen MR) is 72.6 cm³/mol. The van der Waals surface area contributed by atoms with E-state index < -0.39 is 23.7 Å². The number of carbonyl (C=O) groups excluding carboxylic acids is 1. The largest absolute Gasteiger partial charge is 0.481 e. The van der Waals surface area contributed by atoms with Gasteiger partial charge in [-0.25, -0.2) is 4.39 Å². The minimum absolute atomic E-state index is 0.0301. The van der Waals surface area contributed by atoms with Crippen molar-refractivity contribution in [3.05, 3.63) is 58.8 Å². The van der Waals surface area contributed by atoms with E-state index in [1.807, 2.05) is 0 Å². The molecule has 5 nitrogen and oxygen atoms in total. The molecule has 1 atom stereocenters. The second-order valence-corrected chi connectivity index (χ2v) is 4.65. The van der Waals surface area contributed by atoms with Gasteiger partial charge in [-0.15, -0.1) is 0 Å². The number of hydrogen-bond acceptors (Lipinski definition) is 3. The summed E-state index contributed by atoms with van der Waals surface area (Å²) in [5.41, 5.74) is 0.477. The molecule has 0 aliphatic carbocycles. The lowest BCUT2D eigenvalue weighted by Gasteiger charge is -2.16. The minimum Gasteiger partial charge on any atom is -0.481 e. The lowest BCUT2D eigenvalue weighted by atomic mass is 10.0. The minimum atomic E-state index is -1.10. The summed E-state index contributed by atoms with van der Waals surface area (Å²) in [4.78, 5) is 22.9. The third-order valence-electron chi connectivity index (χ3n) is 2.75. The molecule has 0 saturated carbocycles. The Kier molecular flexibility index (Phi) is 4.59. The number of carbonyl (C=O) groups is 2. The van der Waals surface area contributed by atoms with Gasteiger partial charge in [-0.3, -0.25) is 9.59 Å². The molecule has 2 aromatic rings. The molecule has 1 amide bonds. The van der Waals surface area contributed by atoms with Gasteiger partial charge in [0.25, 0.3) is 5.91 Å². The SMILES string of the molecule is O=C(O)CC(NC(=O)c1ccc(Cl)o1)c1ccc(F)cc1. The zero-order valence-electron chi connectivity index (χ0n) is 10.7. The first-order valence-electron chi connectivity index (χ1n) is 5.99. The summed E-state index contributed by atoms with van der Waals surface area (Å²) in [6.07, 6.45) is -0.341. The van der Waals surface area contributed by atoms with Crippen LogP contribution in [0.2, 0.25) is 5.22 Å². The topological polar surface area (TPSA) is 79.5 Å². The molecule has 110 valence electrons. The van der Waals surface area contributed by atoms with Crippen molar-refractivity contribution in [1.29, 1.82) is 0 Å². The zero-order chi connectivity index (χ0) is 15.4. The molecule has 0 fully saturated rings. The molecule has 0 spiro atoms. The van der Waals surface area contributed by atoms with Crippen molar-refractivity contribution in [2.45, 2.75) is 12.5 Å². The van der Waals surface area contributed by atoms with Gasteiger partial charge < -0.3 is 14.8 Å². The Morgan fingerprint density at radius 1 is 1.24 bits per heavy atom. The van der Waals surface area contributed by atoms with Gasteiger partial charge in [0.15, 0.2) is 11.0 Å². The lowest BCUT2D eigenvalue weighted by Crippen LogP contribution is -2.29. The van der Waals surface area contributed by atoms with Crippen molar-refractivity contribution in [1.82, 2.24) is 5.32 Å². The number of carboxylic acids is 1. The number of furan rings is 1. The second kappa shape index (κ2) is 6.41. The van der Waals surface area contributed by atoms with E-state index in [9.17, 15) is 14.0 Å². The average molecular weight is 312 g/mol. The summed E-state index contributed by atoms with van der Waals surface area (Å²) in [6, 6.07) is 7.19. The Bertz CT molecular complexity index is 653. The quantitative estimate of drug-likeness (QED) is 0.889. The molecule has 0 aliphatic heterocycles. The van der Waals surface area contributed by atoms with E-state index in [2.05, 4.69) is 5.32 Å². The molecular weight excluding hydrogens is 301 g/mol. The molecule has 1 aromatic carbocycles. The fourth-order valence-electron chi connectivity index (χ4n) is 1.79. The second-order valence-electron chi connectivity index (χ2n) is 4.28. The monoisotopic (exact) mass is 311 g/mol. The summed E-state index contributed by atoms with van der Waals surface area (Å²) in [5, 5.41) is 11.5. The van der Waals surface area contributed by atoms with Crippen LogP contribution in [0.4, 0.5) is 4.39 Å². The van der Waals surface area contributed by atoms with Crippen molar-refractivity contribution in [3.63, 3.8) is 0 Å². The molecule has 21 heavy (non-hydrogen) atoms. The number of carboxylic acid groups (broad SMARTS) is 1. The Morgan fingerprint density at radius 2 is 1.90 bits per heavy atom. The summed E-state index contributed by atoms with van der Waals surface area (Å²) in [7, 11) is 0. The molecule has 0 bridgehead atoms. The van der Waals surface area contributed by atoms with Crippen molar-refractivity contribution >= 4 is 23.5 Å². The van der Waals surface area contributed by atoms with Crippen molar-refractivity contribution in [3.8, 4) is 0 Å². The first-order chi connectivity index (χ1) is 9.95. The Morgan fingerprint density at radius 3 is 2.43 bits per heavy atom. The lowest BCUT2D eigenvalue weighted by molar-refractivity contribution is -0.137. The number of amides is 1. The molecule has 2 rings (SSSR count). The van der Waals surface area contributed by atoms with Gasteiger partial charge in [0.05, 0.1) is 12.5 Å². The summed E-state index contributed by atoms with van der Waals surface area (Å²) < 4.78 is 17.9. The maximum atomic E-state index is 12.9. The maximum Gasteiger partial charge on any atom is 0.305 e. The molecule has 7 heteroatoms. The van der Waals surface area contributed by atoms with Gasteiger partial charge >= 0.3 is 5.97 Å². The number of aliphatic carboxylic acids is 1. The fraction of sp³-hybridized carbons (Fsp3) is 0.143. The van der Waals surface area contributed by atoms with E-state index in [1.54, 1.807) is 0 Å². The first kappa shape index (κ1) is 15.1. The van der Waals surface area contributed by atoms with Crippen LogP contribution in [0.5, 0.6) is 0 Å². The zero-order valence-corrected chi connectivity index (χ0v) is 11.4. The highest BCUT2D eigenvalue weighted by atomic mass is 35.5. The highest BCUT2D eigenvalue weighted by Gasteiger charge is 2.20. The van der Waals surface area contributed by atoms with Crippen LogP contribution in [0.1, 0.15) is 28.6 Å². The molecule has 1 heterocycles. The van der Waals surface area contributed by atoms with Crippen LogP contribution >= 0.6 is 11.6 Å². The van der Waals surface area contributed by atoms with Gasteiger partial charge in [0.2, 0.25) is 0 Å². The van der Waals surface area contributed by atoms with Crippen molar-refractivity contribution in [2.75, 3.05) is 0 Å². The van der Waals surface area contributed by atoms with Gasteiger partial charge in [0.1, 0.15) is 5.82 Å². The molecule has 0 radical (unpaired) electrons. The molecule has 0 saturated heterocycles. The number of halogens is 2. The maximum absolute atomic E-state index is 12.9. The summed E-state index contributed by atoms with van der Waals surface area (Å²) in [6.45, 7) is 0. The van der Waals surface area contributed by atoms with Crippen molar-refractivity contribution in [2.24, 2.45) is 0 Å². The fourth-order valence-corrected chi connectivity index (χ4v) is 1.93. The smallest absolute Gasteiger partial charge is 0.305 e. The van der Waals surface area contributed by atoms with E-state index in [-0.39, 0.29) is 17.4 Å². The van der Waals surface area contributed by atoms with E-state index in [4.69, 9.17) is 21.1 Å². The van der Waals surface area contributed by atoms with E-state index >= 15 is 0 Å². The van der Waals surface area contributed by atoms with Crippen LogP contribution in [0.3, 0.4) is 0 Å². The third-order valence-corrected chi connectivity index (χ3v) is 2.96. The summed E-state index contributed by atoms with van der Waals surface area (Å²) in [5.74, 6) is -2.17. The van der Waals surface area contributed by atoms with Crippen molar-refractivity contribution < 1.29 is 23.5 Å². The summed E-state index contributed by atoms with van der Waals surface area (Å²) >= 11 is 5.58. The van der Waals surface area contributed by atoms with Gasteiger partial charge in [0, 0.05) is 0 Å². The normalized spacial score (nSPS) is 11.9. The highest BCUT2D eigenvalue weighted by Crippen LogP contribution is 2.19. The van der Waals surface area contributed by atoms with Crippen LogP contribution in [0.15, 0.2) is 40.8 Å². The standard InChI is InChI=1S/C14H11ClFNO4/c15-12-6-5-11(21-12)14(20)17-10(7-13(18)19)8-1-3-9(16)4-2-8/h1-6,10H,7H2,(H,17,20)(H,18,19). The third kappa shape index (κ3) is 4.06. The van der Waals surface area contributed by atoms with E-state index in [1.165, 1.54) is 36.4 Å². The number of nitrogens with one attached hydrogen (secondary N) is 1. The van der Waals surface area contributed by atoms with Gasteiger partial charge in [-0.2, -0.15) is 0 Å².